The number of hydrogen-bond donors (Lipinski definition) is 1. The van der Waals surface area contributed by atoms with Crippen molar-refractivity contribution in [1.82, 2.24) is 5.32 Å². The fourth-order valence-corrected chi connectivity index (χ4v) is 6.13. The summed E-state index contributed by atoms with van der Waals surface area (Å²) in [6, 6.07) is 16.6. The van der Waals surface area contributed by atoms with Crippen LogP contribution >= 0.6 is 11.3 Å². The molecule has 0 aliphatic carbocycles. The van der Waals surface area contributed by atoms with Crippen LogP contribution in [0.3, 0.4) is 0 Å². The SMILES string of the molecule is COc1ccc(CCNC=C2C(=O)c3sccc3N(Cc3ccccc3)S2(=O)=O)cc1OC. The molecule has 1 aliphatic rings. The number of Topliss-reactive ketones (excluding diaryl/α,β-unsaturated/α-hetero) is 1. The maximum Gasteiger partial charge on any atom is 0.270 e. The van der Waals surface area contributed by atoms with E-state index in [-0.39, 0.29) is 11.4 Å². The molecule has 0 radical (unpaired) electrons. The van der Waals surface area contributed by atoms with Crippen LogP contribution < -0.4 is 19.1 Å². The van der Waals surface area contributed by atoms with E-state index in [1.807, 2.05) is 48.5 Å². The third-order valence-corrected chi connectivity index (χ3v) is 7.99. The molecule has 0 saturated heterocycles. The molecular weight excluding hydrogens is 460 g/mol. The Hall–Kier alpha value is -3.30. The molecule has 7 nitrogen and oxygen atoms in total. The molecule has 0 fully saturated rings. The van der Waals surface area contributed by atoms with E-state index in [1.54, 1.807) is 25.7 Å². The van der Waals surface area contributed by atoms with Crippen LogP contribution in [0.2, 0.25) is 0 Å². The predicted molar refractivity (Wildman–Crippen MR) is 130 cm³/mol. The number of anilines is 1. The number of benzene rings is 2. The summed E-state index contributed by atoms with van der Waals surface area (Å²) in [6.07, 6.45) is 1.93. The van der Waals surface area contributed by atoms with E-state index >= 15 is 0 Å². The lowest BCUT2D eigenvalue weighted by atomic mass is 10.1. The molecule has 2 aromatic carbocycles. The largest absolute Gasteiger partial charge is 0.493 e. The lowest BCUT2D eigenvalue weighted by Gasteiger charge is -2.29. The van der Waals surface area contributed by atoms with Crippen LogP contribution in [0.5, 0.6) is 11.5 Å². The number of fused-ring (bicyclic) bond motifs is 1. The first-order valence-electron chi connectivity index (χ1n) is 10.3. The number of nitrogens with zero attached hydrogens (tertiary/aromatic N) is 1. The van der Waals surface area contributed by atoms with Crippen LogP contribution in [-0.4, -0.2) is 35.0 Å². The highest BCUT2D eigenvalue weighted by atomic mass is 32.2. The van der Waals surface area contributed by atoms with Gasteiger partial charge in [0.2, 0.25) is 5.78 Å². The van der Waals surface area contributed by atoms with Crippen molar-refractivity contribution in [2.45, 2.75) is 13.0 Å². The Morgan fingerprint density at radius 2 is 1.76 bits per heavy atom. The second-order valence-electron chi connectivity index (χ2n) is 7.36. The molecule has 0 saturated carbocycles. The van der Waals surface area contributed by atoms with Crippen molar-refractivity contribution in [1.29, 1.82) is 0 Å². The molecular formula is C24H24N2O5S2. The normalized spacial score (nSPS) is 15.9. The van der Waals surface area contributed by atoms with E-state index < -0.39 is 15.8 Å². The molecule has 1 aliphatic heterocycles. The predicted octanol–water partition coefficient (Wildman–Crippen LogP) is 3.97. The van der Waals surface area contributed by atoms with Crippen molar-refractivity contribution in [3.63, 3.8) is 0 Å². The summed E-state index contributed by atoms with van der Waals surface area (Å²) in [7, 11) is -0.858. The van der Waals surface area contributed by atoms with Gasteiger partial charge in [0.1, 0.15) is 4.88 Å². The van der Waals surface area contributed by atoms with Crippen molar-refractivity contribution in [2.24, 2.45) is 0 Å². The molecule has 0 atom stereocenters. The number of thiophene rings is 1. The van der Waals surface area contributed by atoms with Gasteiger partial charge in [-0.1, -0.05) is 36.4 Å². The van der Waals surface area contributed by atoms with Gasteiger partial charge in [0.25, 0.3) is 10.0 Å². The van der Waals surface area contributed by atoms with Gasteiger partial charge in [0, 0.05) is 12.7 Å². The molecule has 0 bridgehead atoms. The van der Waals surface area contributed by atoms with Gasteiger partial charge in [-0.05, 0) is 41.1 Å². The number of carbonyl (C=O) groups is 1. The average molecular weight is 485 g/mol. The Labute approximate surface area is 197 Å². The molecule has 2 heterocycles. The summed E-state index contributed by atoms with van der Waals surface area (Å²) in [6.45, 7) is 0.598. The number of sulfonamides is 1. The minimum Gasteiger partial charge on any atom is -0.493 e. The van der Waals surface area contributed by atoms with Gasteiger partial charge in [0.05, 0.1) is 26.5 Å². The zero-order chi connectivity index (χ0) is 23.4. The molecule has 0 spiro atoms. The number of rotatable bonds is 8. The summed E-state index contributed by atoms with van der Waals surface area (Å²) < 4.78 is 38.6. The van der Waals surface area contributed by atoms with Crippen LogP contribution in [0.1, 0.15) is 20.8 Å². The summed E-state index contributed by atoms with van der Waals surface area (Å²) in [5.74, 6) is 0.781. The van der Waals surface area contributed by atoms with Crippen molar-refractivity contribution in [2.75, 3.05) is 25.1 Å². The van der Waals surface area contributed by atoms with E-state index in [4.69, 9.17) is 9.47 Å². The topological polar surface area (TPSA) is 84.9 Å². The summed E-state index contributed by atoms with van der Waals surface area (Å²) >= 11 is 1.25. The molecule has 33 heavy (non-hydrogen) atoms. The fraction of sp³-hybridized carbons (Fsp3) is 0.208. The molecule has 9 heteroatoms. The first-order valence-corrected chi connectivity index (χ1v) is 12.6. The number of hydrogen-bond acceptors (Lipinski definition) is 7. The average Bonchev–Trinajstić information content (AvgIpc) is 3.31. The Balaban J connectivity index is 1.54. The van der Waals surface area contributed by atoms with E-state index in [1.165, 1.54) is 21.8 Å². The minimum absolute atomic E-state index is 0.156. The van der Waals surface area contributed by atoms with Gasteiger partial charge in [-0.25, -0.2) is 8.42 Å². The summed E-state index contributed by atoms with van der Waals surface area (Å²) in [5, 5.41) is 4.75. The zero-order valence-electron chi connectivity index (χ0n) is 18.3. The van der Waals surface area contributed by atoms with Crippen LogP contribution in [0.15, 0.2) is 71.1 Å². The fourth-order valence-electron chi connectivity index (χ4n) is 3.62. The molecule has 172 valence electrons. The highest BCUT2D eigenvalue weighted by Crippen LogP contribution is 2.39. The van der Waals surface area contributed by atoms with Gasteiger partial charge in [-0.3, -0.25) is 9.10 Å². The van der Waals surface area contributed by atoms with E-state index in [0.29, 0.717) is 35.0 Å². The van der Waals surface area contributed by atoms with E-state index in [9.17, 15) is 13.2 Å². The molecule has 1 N–H and O–H groups in total. The van der Waals surface area contributed by atoms with Crippen molar-refractivity contribution in [3.05, 3.63) is 87.1 Å². The van der Waals surface area contributed by atoms with Crippen molar-refractivity contribution in [3.8, 4) is 11.5 Å². The van der Waals surface area contributed by atoms with Gasteiger partial charge in [0.15, 0.2) is 16.4 Å². The number of ether oxygens (including phenoxy) is 2. The number of carbonyl (C=O) groups excluding carboxylic acids is 1. The quantitative estimate of drug-likeness (QED) is 0.385. The highest BCUT2D eigenvalue weighted by Gasteiger charge is 2.41. The second-order valence-corrected chi connectivity index (χ2v) is 10.1. The Morgan fingerprint density at radius 1 is 1.00 bits per heavy atom. The number of ketones is 1. The van der Waals surface area contributed by atoms with Gasteiger partial charge < -0.3 is 14.8 Å². The van der Waals surface area contributed by atoms with Gasteiger partial charge in [-0.15, -0.1) is 11.3 Å². The standard InChI is InChI=1S/C24H24N2O5S2/c1-30-20-9-8-17(14-21(20)31-2)10-12-25-15-22-23(27)24-19(11-13-32-24)26(33(22,28)29)16-18-6-4-3-5-7-18/h3-9,11,13-15,25H,10,12,16H2,1-2H3. The maximum absolute atomic E-state index is 13.4. The Bertz CT molecular complexity index is 1280. The van der Waals surface area contributed by atoms with Crippen LogP contribution in [-0.2, 0) is 23.0 Å². The van der Waals surface area contributed by atoms with Crippen molar-refractivity contribution >= 4 is 32.8 Å². The lowest BCUT2D eigenvalue weighted by Crippen LogP contribution is -2.38. The molecule has 3 aromatic rings. The maximum atomic E-state index is 13.4. The molecule has 0 unspecified atom stereocenters. The molecule has 0 amide bonds. The first kappa shape index (κ1) is 22.9. The Morgan fingerprint density at radius 3 is 2.48 bits per heavy atom. The molecule has 4 rings (SSSR count). The summed E-state index contributed by atoms with van der Waals surface area (Å²) in [5.41, 5.74) is 2.26. The van der Waals surface area contributed by atoms with Crippen LogP contribution in [0.4, 0.5) is 5.69 Å². The monoisotopic (exact) mass is 484 g/mol. The van der Waals surface area contributed by atoms with Crippen LogP contribution in [0.25, 0.3) is 0 Å². The zero-order valence-corrected chi connectivity index (χ0v) is 19.9. The third kappa shape index (κ3) is 4.60. The number of allylic oxidation sites excluding steroid dienone is 1. The highest BCUT2D eigenvalue weighted by molar-refractivity contribution is 7.97. The number of methoxy groups -OCH3 is 2. The first-order chi connectivity index (χ1) is 16.0. The van der Waals surface area contributed by atoms with Crippen LogP contribution in [0, 0.1) is 0 Å². The van der Waals surface area contributed by atoms with Gasteiger partial charge >= 0.3 is 0 Å². The Kier molecular flexibility index (Phi) is 6.71. The third-order valence-electron chi connectivity index (χ3n) is 5.32. The number of nitrogens with one attached hydrogen (secondary N) is 1. The van der Waals surface area contributed by atoms with Crippen molar-refractivity contribution < 1.29 is 22.7 Å². The second kappa shape index (κ2) is 9.68. The molecule has 1 aromatic heterocycles. The van der Waals surface area contributed by atoms with E-state index in [2.05, 4.69) is 5.32 Å². The lowest BCUT2D eigenvalue weighted by molar-refractivity contribution is 0.104. The smallest absolute Gasteiger partial charge is 0.270 e. The van der Waals surface area contributed by atoms with Gasteiger partial charge in [-0.2, -0.15) is 0 Å². The summed E-state index contributed by atoms with van der Waals surface area (Å²) in [4.78, 5) is 13.2. The van der Waals surface area contributed by atoms with E-state index in [0.717, 1.165) is 11.1 Å². The minimum atomic E-state index is -4.01.